The van der Waals surface area contributed by atoms with E-state index in [1.807, 2.05) is 0 Å². The molecule has 0 unspecified atom stereocenters. The summed E-state index contributed by atoms with van der Waals surface area (Å²) >= 11 is 0. The molecule has 162 valence electrons. The van der Waals surface area contributed by atoms with E-state index in [4.69, 9.17) is 33.9 Å². The van der Waals surface area contributed by atoms with E-state index in [0.717, 1.165) is 39.3 Å². The highest BCUT2D eigenvalue weighted by Crippen LogP contribution is 1.97. The van der Waals surface area contributed by atoms with Crippen molar-refractivity contribution < 1.29 is 33.9 Å². The van der Waals surface area contributed by atoms with Gasteiger partial charge in [-0.15, -0.1) is 0 Å². The molecule has 1 fully saturated rings. The quantitative estimate of drug-likeness (QED) is 0.437. The van der Waals surface area contributed by atoms with Crippen LogP contribution >= 0.6 is 0 Å². The van der Waals surface area contributed by atoms with E-state index in [-0.39, 0.29) is 13.2 Å². The Kier molecular flexibility index (Phi) is 17.3. The minimum absolute atomic E-state index is 0.0464. The molecule has 1 aliphatic rings. The summed E-state index contributed by atoms with van der Waals surface area (Å²) in [5.74, 6) is 0. The van der Waals surface area contributed by atoms with E-state index >= 15 is 0 Å². The van der Waals surface area contributed by atoms with Crippen LogP contribution in [0.5, 0.6) is 0 Å². The van der Waals surface area contributed by atoms with Crippen LogP contribution in [0.25, 0.3) is 0 Å². The lowest BCUT2D eigenvalue weighted by molar-refractivity contribution is 0.00865. The van der Waals surface area contributed by atoms with Crippen LogP contribution in [0.1, 0.15) is 0 Å². The predicted molar refractivity (Wildman–Crippen MR) is 101 cm³/mol. The molecule has 1 heterocycles. The summed E-state index contributed by atoms with van der Waals surface area (Å²) in [5.41, 5.74) is 0. The zero-order chi connectivity index (χ0) is 19.4. The second-order valence-corrected chi connectivity index (χ2v) is 6.19. The van der Waals surface area contributed by atoms with Gasteiger partial charge < -0.3 is 33.9 Å². The third kappa shape index (κ3) is 15.3. The van der Waals surface area contributed by atoms with Gasteiger partial charge in [0.05, 0.1) is 79.3 Å². The van der Waals surface area contributed by atoms with Gasteiger partial charge in [0, 0.05) is 39.3 Å². The fourth-order valence-electron chi connectivity index (χ4n) is 2.60. The van der Waals surface area contributed by atoms with Crippen LogP contribution in [0.4, 0.5) is 0 Å². The summed E-state index contributed by atoms with van der Waals surface area (Å²) in [7, 11) is 0. The molecule has 9 heteroatoms. The number of aliphatic hydroxyl groups excluding tert-OH is 2. The zero-order valence-electron chi connectivity index (χ0n) is 16.6. The lowest BCUT2D eigenvalue weighted by atomic mass is 10.4. The third-order valence-electron chi connectivity index (χ3n) is 4.16. The van der Waals surface area contributed by atoms with Gasteiger partial charge in [-0.05, 0) is 0 Å². The monoisotopic (exact) mass is 394 g/mol. The summed E-state index contributed by atoms with van der Waals surface area (Å²) in [6.07, 6.45) is 0. The van der Waals surface area contributed by atoms with Gasteiger partial charge in [0.25, 0.3) is 0 Å². The van der Waals surface area contributed by atoms with Crippen molar-refractivity contribution in [3.8, 4) is 0 Å². The first-order valence-corrected chi connectivity index (χ1v) is 9.92. The number of rotatable bonds is 10. The fraction of sp³-hybridized carbons (Fsp3) is 1.00. The first kappa shape index (κ1) is 24.7. The first-order chi connectivity index (χ1) is 13.4. The van der Waals surface area contributed by atoms with Crippen molar-refractivity contribution in [1.82, 2.24) is 9.80 Å². The van der Waals surface area contributed by atoms with E-state index in [0.29, 0.717) is 66.1 Å². The molecule has 2 N–H and O–H groups in total. The van der Waals surface area contributed by atoms with Crippen molar-refractivity contribution in [3.05, 3.63) is 0 Å². The standard InChI is InChI=1S/C18H38N2O7/c21-7-13-23-9-3-19-1-2-20(4-10-24-14-8-22)6-12-26-16-18-27-17-15-25-11-5-19/h21-22H,1-18H2. The molecule has 27 heavy (non-hydrogen) atoms. The number of aliphatic hydroxyl groups is 2. The van der Waals surface area contributed by atoms with Gasteiger partial charge in [0.1, 0.15) is 0 Å². The van der Waals surface area contributed by atoms with Gasteiger partial charge in [-0.2, -0.15) is 0 Å². The van der Waals surface area contributed by atoms with Crippen LogP contribution in [0.15, 0.2) is 0 Å². The molecular formula is C18H38N2O7. The molecule has 1 rings (SSSR count). The Morgan fingerprint density at radius 1 is 0.556 bits per heavy atom. The zero-order valence-corrected chi connectivity index (χ0v) is 16.6. The van der Waals surface area contributed by atoms with Crippen LogP contribution in [-0.2, 0) is 23.7 Å². The Morgan fingerprint density at radius 2 is 0.963 bits per heavy atom. The van der Waals surface area contributed by atoms with Gasteiger partial charge in [0.2, 0.25) is 0 Å². The molecule has 0 aromatic heterocycles. The maximum Gasteiger partial charge on any atom is 0.0701 e. The summed E-state index contributed by atoms with van der Waals surface area (Å²) in [5, 5.41) is 17.6. The second-order valence-electron chi connectivity index (χ2n) is 6.19. The second kappa shape index (κ2) is 19.0. The van der Waals surface area contributed by atoms with Crippen LogP contribution < -0.4 is 0 Å². The number of nitrogens with zero attached hydrogens (tertiary/aromatic N) is 2. The van der Waals surface area contributed by atoms with Gasteiger partial charge in [0.15, 0.2) is 0 Å². The molecule has 0 saturated carbocycles. The highest BCUT2D eigenvalue weighted by atomic mass is 16.5. The van der Waals surface area contributed by atoms with E-state index in [1.54, 1.807) is 0 Å². The van der Waals surface area contributed by atoms with Gasteiger partial charge >= 0.3 is 0 Å². The lowest BCUT2D eigenvalue weighted by Gasteiger charge is -2.27. The van der Waals surface area contributed by atoms with E-state index < -0.39 is 0 Å². The Labute approximate surface area is 163 Å². The maximum absolute atomic E-state index is 8.82. The van der Waals surface area contributed by atoms with Crippen molar-refractivity contribution in [2.75, 3.05) is 119 Å². The van der Waals surface area contributed by atoms with E-state index in [9.17, 15) is 0 Å². The van der Waals surface area contributed by atoms with Gasteiger partial charge in [-0.25, -0.2) is 0 Å². The predicted octanol–water partition coefficient (Wildman–Crippen LogP) is -1.33. The normalized spacial score (nSPS) is 20.2. The minimum Gasteiger partial charge on any atom is -0.394 e. The molecule has 0 radical (unpaired) electrons. The van der Waals surface area contributed by atoms with Crippen molar-refractivity contribution >= 4 is 0 Å². The summed E-state index contributed by atoms with van der Waals surface area (Å²) in [4.78, 5) is 4.61. The molecular weight excluding hydrogens is 356 g/mol. The number of hydrogen-bond donors (Lipinski definition) is 2. The van der Waals surface area contributed by atoms with Gasteiger partial charge in [-0.3, -0.25) is 9.80 Å². The number of ether oxygens (including phenoxy) is 5. The molecule has 0 bridgehead atoms. The molecule has 1 saturated heterocycles. The largest absolute Gasteiger partial charge is 0.394 e. The highest BCUT2D eigenvalue weighted by Gasteiger charge is 2.10. The van der Waals surface area contributed by atoms with E-state index in [2.05, 4.69) is 9.80 Å². The van der Waals surface area contributed by atoms with Crippen LogP contribution in [-0.4, -0.2) is 139 Å². The summed E-state index contributed by atoms with van der Waals surface area (Å²) in [6.45, 7) is 10.7. The molecule has 0 aliphatic carbocycles. The Morgan fingerprint density at radius 3 is 1.37 bits per heavy atom. The summed E-state index contributed by atoms with van der Waals surface area (Å²) < 4.78 is 27.6. The molecule has 0 atom stereocenters. The molecule has 0 aromatic rings. The van der Waals surface area contributed by atoms with Crippen LogP contribution in [0, 0.1) is 0 Å². The number of hydrogen-bond acceptors (Lipinski definition) is 9. The Balaban J connectivity index is 2.44. The first-order valence-electron chi connectivity index (χ1n) is 9.92. The highest BCUT2D eigenvalue weighted by molar-refractivity contribution is 4.64. The topological polar surface area (TPSA) is 93.1 Å². The average Bonchev–Trinajstić information content (AvgIpc) is 2.69. The maximum atomic E-state index is 8.82. The van der Waals surface area contributed by atoms with Crippen molar-refractivity contribution in [3.63, 3.8) is 0 Å². The summed E-state index contributed by atoms with van der Waals surface area (Å²) in [6, 6.07) is 0. The molecule has 0 aromatic carbocycles. The fourth-order valence-corrected chi connectivity index (χ4v) is 2.60. The SMILES string of the molecule is OCCOCCN1CCOCCOCCOCCN(CCOCCO)CC1. The van der Waals surface area contributed by atoms with Crippen LogP contribution in [0.2, 0.25) is 0 Å². The Hall–Kier alpha value is -0.360. The molecule has 1 aliphatic heterocycles. The minimum atomic E-state index is 0.0464. The van der Waals surface area contributed by atoms with E-state index in [1.165, 1.54) is 0 Å². The lowest BCUT2D eigenvalue weighted by Crippen LogP contribution is -2.41. The van der Waals surface area contributed by atoms with Crippen molar-refractivity contribution in [1.29, 1.82) is 0 Å². The van der Waals surface area contributed by atoms with Crippen LogP contribution in [0.3, 0.4) is 0 Å². The third-order valence-corrected chi connectivity index (χ3v) is 4.16. The molecule has 9 nitrogen and oxygen atoms in total. The average molecular weight is 395 g/mol. The molecule has 0 spiro atoms. The van der Waals surface area contributed by atoms with Crippen molar-refractivity contribution in [2.45, 2.75) is 0 Å². The van der Waals surface area contributed by atoms with Crippen molar-refractivity contribution in [2.24, 2.45) is 0 Å². The van der Waals surface area contributed by atoms with Gasteiger partial charge in [-0.1, -0.05) is 0 Å². The smallest absolute Gasteiger partial charge is 0.0701 e. The molecule has 0 amide bonds. The Bertz CT molecular complexity index is 285.